The van der Waals surface area contributed by atoms with Crippen LogP contribution in [0.2, 0.25) is 0 Å². The Balaban J connectivity index is 3.20. The molecule has 4 N–H and O–H groups in total. The van der Waals surface area contributed by atoms with Crippen molar-refractivity contribution in [3.8, 4) is 0 Å². The summed E-state index contributed by atoms with van der Waals surface area (Å²) < 4.78 is 13.8. The number of hydrogen-bond donors (Lipinski definition) is 4. The summed E-state index contributed by atoms with van der Waals surface area (Å²) in [5.74, 6) is -8.77. The van der Waals surface area contributed by atoms with Crippen LogP contribution in [0.1, 0.15) is 13.8 Å². The van der Waals surface area contributed by atoms with E-state index >= 15 is 0 Å². The highest BCUT2D eigenvalue weighted by Crippen LogP contribution is 2.41. The number of hydrogen-bond acceptors (Lipinski definition) is 9. The van der Waals surface area contributed by atoms with E-state index in [4.69, 9.17) is 9.84 Å². The third kappa shape index (κ3) is 3.03. The second-order valence-corrected chi connectivity index (χ2v) is 4.90. The third-order valence-electron chi connectivity index (χ3n) is 2.87. The van der Waals surface area contributed by atoms with Crippen LogP contribution in [0.15, 0.2) is 24.3 Å². The fraction of sp³-hybridized carbons (Fsp3) is 0.538. The smallest absolute Gasteiger partial charge is 0.400 e. The third-order valence-corrected chi connectivity index (χ3v) is 2.87. The van der Waals surface area contributed by atoms with Gasteiger partial charge >= 0.3 is 23.7 Å². The summed E-state index contributed by atoms with van der Waals surface area (Å²) in [5, 5.41) is 39.5. The first-order valence-electron chi connectivity index (χ1n) is 6.17. The number of esters is 2. The summed E-state index contributed by atoms with van der Waals surface area (Å²) in [6.45, 7) is 8.17. The largest absolute Gasteiger partial charge is 0.417 e. The normalized spacial score (nSPS) is 34.1. The molecular weight excluding hydrogens is 300 g/mol. The lowest BCUT2D eigenvalue weighted by molar-refractivity contribution is -0.432. The van der Waals surface area contributed by atoms with Gasteiger partial charge in [-0.15, -0.1) is 0 Å². The molecule has 0 spiro atoms. The van der Waals surface area contributed by atoms with Gasteiger partial charge in [-0.05, 0) is 13.8 Å². The van der Waals surface area contributed by atoms with Crippen molar-refractivity contribution < 1.29 is 44.2 Å². The minimum atomic E-state index is -3.24. The summed E-state index contributed by atoms with van der Waals surface area (Å²) in [7, 11) is 0. The van der Waals surface area contributed by atoms with E-state index in [1.807, 2.05) is 0 Å². The zero-order valence-corrected chi connectivity index (χ0v) is 12.1. The van der Waals surface area contributed by atoms with Gasteiger partial charge in [-0.2, -0.15) is 0 Å². The molecule has 0 amide bonds. The van der Waals surface area contributed by atoms with Gasteiger partial charge in [0.2, 0.25) is 0 Å². The predicted octanol–water partition coefficient (Wildman–Crippen LogP) is -1.69. The number of ether oxygens (including phenoxy) is 3. The molecule has 0 aromatic heterocycles. The SMILES string of the molecule is C=C(C)C(=O)OC1(O)O[C@H](CO)[C@H](O)[C@@]1(O)OC(=O)C(=C)C. The average Bonchev–Trinajstić information content (AvgIpc) is 2.59. The standard InChI is InChI=1S/C13H18O9/c1-6(2)10(16)21-12(18)9(15)8(5-14)20-13(12,19)22-11(17)7(3)4/h8-9,14-15,18-19H,1,3,5H2,2,4H3/t8-,9+,12-,13?/m1/s1. The Hall–Kier alpha value is -1.78. The average molecular weight is 318 g/mol. The Morgan fingerprint density at radius 2 is 1.59 bits per heavy atom. The highest BCUT2D eigenvalue weighted by molar-refractivity contribution is 5.88. The van der Waals surface area contributed by atoms with Crippen molar-refractivity contribution >= 4 is 11.9 Å². The summed E-state index contributed by atoms with van der Waals surface area (Å²) in [6.07, 6.45) is -3.67. The monoisotopic (exact) mass is 318 g/mol. The van der Waals surface area contributed by atoms with Gasteiger partial charge in [0.1, 0.15) is 6.10 Å². The van der Waals surface area contributed by atoms with Gasteiger partial charge in [0, 0.05) is 11.1 Å². The maximum Gasteiger partial charge on any atom is 0.400 e. The molecule has 1 fully saturated rings. The van der Waals surface area contributed by atoms with Gasteiger partial charge in [0.15, 0.2) is 6.10 Å². The first-order valence-corrected chi connectivity index (χ1v) is 6.17. The van der Waals surface area contributed by atoms with Crippen molar-refractivity contribution in [2.75, 3.05) is 6.61 Å². The molecular formula is C13H18O9. The first kappa shape index (κ1) is 18.3. The van der Waals surface area contributed by atoms with Crippen LogP contribution in [0.3, 0.4) is 0 Å². The van der Waals surface area contributed by atoms with E-state index in [1.165, 1.54) is 13.8 Å². The van der Waals surface area contributed by atoms with Crippen LogP contribution >= 0.6 is 0 Å². The van der Waals surface area contributed by atoms with Crippen LogP contribution in [0.25, 0.3) is 0 Å². The molecule has 0 radical (unpaired) electrons. The molecule has 124 valence electrons. The number of aliphatic hydroxyl groups excluding tert-OH is 2. The maximum absolute atomic E-state index is 11.6. The second-order valence-electron chi connectivity index (χ2n) is 4.90. The Kier molecular flexibility index (Phi) is 5.10. The summed E-state index contributed by atoms with van der Waals surface area (Å²) in [4.78, 5) is 23.1. The van der Waals surface area contributed by atoms with Gasteiger partial charge in [0.05, 0.1) is 6.61 Å². The lowest BCUT2D eigenvalue weighted by Crippen LogP contribution is -2.61. The Morgan fingerprint density at radius 3 is 2.00 bits per heavy atom. The molecule has 0 aromatic rings. The molecule has 0 bridgehead atoms. The zero-order valence-electron chi connectivity index (χ0n) is 12.1. The van der Waals surface area contributed by atoms with Crippen LogP contribution < -0.4 is 0 Å². The Morgan fingerprint density at radius 1 is 1.14 bits per heavy atom. The molecule has 1 heterocycles. The molecule has 9 nitrogen and oxygen atoms in total. The van der Waals surface area contributed by atoms with Crippen molar-refractivity contribution in [3.63, 3.8) is 0 Å². The van der Waals surface area contributed by atoms with Gasteiger partial charge < -0.3 is 34.6 Å². The first-order chi connectivity index (χ1) is 9.98. The molecule has 0 saturated carbocycles. The van der Waals surface area contributed by atoms with Gasteiger partial charge in [-0.1, -0.05) is 13.2 Å². The summed E-state index contributed by atoms with van der Waals surface area (Å²) in [6, 6.07) is 0. The molecule has 1 unspecified atom stereocenters. The molecule has 0 aliphatic carbocycles. The van der Waals surface area contributed by atoms with Crippen LogP contribution in [0.4, 0.5) is 0 Å². The van der Waals surface area contributed by atoms with Gasteiger partial charge in [-0.25, -0.2) is 9.59 Å². The van der Waals surface area contributed by atoms with E-state index in [-0.39, 0.29) is 11.1 Å². The van der Waals surface area contributed by atoms with Gasteiger partial charge in [-0.3, -0.25) is 0 Å². The highest BCUT2D eigenvalue weighted by atomic mass is 16.9. The maximum atomic E-state index is 11.6. The highest BCUT2D eigenvalue weighted by Gasteiger charge is 2.71. The number of aliphatic hydroxyl groups is 4. The molecule has 1 aliphatic rings. The van der Waals surface area contributed by atoms with Crippen molar-refractivity contribution in [1.82, 2.24) is 0 Å². The zero-order chi connectivity index (χ0) is 17.3. The quantitative estimate of drug-likeness (QED) is 0.265. The van der Waals surface area contributed by atoms with Crippen molar-refractivity contribution in [2.24, 2.45) is 0 Å². The van der Waals surface area contributed by atoms with E-state index in [0.29, 0.717) is 0 Å². The Bertz CT molecular complexity index is 514. The molecule has 1 rings (SSSR count). The Labute approximate surface area is 126 Å². The molecule has 0 aromatic carbocycles. The number of carbonyl (C=O) groups excluding carboxylic acids is 2. The predicted molar refractivity (Wildman–Crippen MR) is 69.7 cm³/mol. The summed E-state index contributed by atoms with van der Waals surface area (Å²) >= 11 is 0. The fourth-order valence-corrected chi connectivity index (χ4v) is 1.59. The van der Waals surface area contributed by atoms with Crippen LogP contribution in [0, 0.1) is 0 Å². The van der Waals surface area contributed by atoms with E-state index < -0.39 is 42.5 Å². The fourth-order valence-electron chi connectivity index (χ4n) is 1.59. The van der Waals surface area contributed by atoms with Crippen molar-refractivity contribution in [1.29, 1.82) is 0 Å². The second kappa shape index (κ2) is 6.15. The summed E-state index contributed by atoms with van der Waals surface area (Å²) in [5.41, 5.74) is -0.325. The number of carbonyl (C=O) groups is 2. The lowest BCUT2D eigenvalue weighted by atomic mass is 10.1. The molecule has 9 heteroatoms. The topological polar surface area (TPSA) is 143 Å². The van der Waals surface area contributed by atoms with Crippen LogP contribution in [-0.2, 0) is 23.8 Å². The molecule has 22 heavy (non-hydrogen) atoms. The lowest BCUT2D eigenvalue weighted by Gasteiger charge is -2.34. The minimum absolute atomic E-state index is 0.160. The van der Waals surface area contributed by atoms with E-state index in [1.54, 1.807) is 0 Å². The number of rotatable bonds is 5. The van der Waals surface area contributed by atoms with E-state index in [0.717, 1.165) is 0 Å². The minimum Gasteiger partial charge on any atom is -0.417 e. The molecule has 1 saturated heterocycles. The van der Waals surface area contributed by atoms with E-state index in [9.17, 15) is 24.9 Å². The molecule has 4 atom stereocenters. The van der Waals surface area contributed by atoms with Crippen molar-refractivity contribution in [3.05, 3.63) is 24.3 Å². The van der Waals surface area contributed by atoms with E-state index in [2.05, 4.69) is 22.6 Å². The molecule has 1 aliphatic heterocycles. The van der Waals surface area contributed by atoms with Crippen LogP contribution in [-0.4, -0.2) is 62.9 Å². The van der Waals surface area contributed by atoms with Crippen LogP contribution in [0.5, 0.6) is 0 Å². The van der Waals surface area contributed by atoms with Crippen molar-refractivity contribution in [2.45, 2.75) is 37.8 Å². The van der Waals surface area contributed by atoms with Gasteiger partial charge in [0.25, 0.3) is 0 Å².